The number of esters is 1. The molecule has 1 aliphatic rings. The number of carbonyl (C=O) groups excluding carboxylic acids is 2. The van der Waals surface area contributed by atoms with Crippen LogP contribution in [0.1, 0.15) is 60.6 Å². The molecule has 8 heteroatoms. The lowest BCUT2D eigenvalue weighted by atomic mass is 9.73. The van der Waals surface area contributed by atoms with Crippen molar-refractivity contribution in [2.45, 2.75) is 58.1 Å². The van der Waals surface area contributed by atoms with Gasteiger partial charge in [0.15, 0.2) is 5.78 Å². The molecule has 178 valence electrons. The van der Waals surface area contributed by atoms with E-state index in [1.165, 1.54) is 4.57 Å². The van der Waals surface area contributed by atoms with Crippen LogP contribution in [0.15, 0.2) is 39.6 Å². The van der Waals surface area contributed by atoms with E-state index in [1.807, 2.05) is 12.1 Å². The van der Waals surface area contributed by atoms with Crippen molar-refractivity contribution >= 4 is 27.7 Å². The Morgan fingerprint density at radius 1 is 1.18 bits per heavy atom. The van der Waals surface area contributed by atoms with Crippen LogP contribution in [0.25, 0.3) is 0 Å². The Bertz CT molecular complexity index is 1070. The molecule has 1 heterocycles. The first-order valence-electron chi connectivity index (χ1n) is 11.2. The first-order valence-corrected chi connectivity index (χ1v) is 12.0. The molecule has 1 unspecified atom stereocenters. The van der Waals surface area contributed by atoms with Gasteiger partial charge < -0.3 is 14.6 Å². The van der Waals surface area contributed by atoms with E-state index in [0.717, 1.165) is 24.8 Å². The Balaban J connectivity index is 2.11. The Labute approximate surface area is 201 Å². The number of ketones is 1. The molecule has 1 atom stereocenters. The average molecular weight is 520 g/mol. The van der Waals surface area contributed by atoms with E-state index in [-0.39, 0.29) is 18.8 Å². The van der Waals surface area contributed by atoms with Crippen LogP contribution in [-0.4, -0.2) is 40.7 Å². The molecule has 1 saturated carbocycles. The summed E-state index contributed by atoms with van der Waals surface area (Å²) in [5.74, 6) is -2.06. The first-order chi connectivity index (χ1) is 15.7. The standard InChI is InChI=1S/C25H30BrNO6/c1-4-33-24(30)20(25(31)12-6-5-7-13-25)22(28)21-16(2)14-19(26)23(29)27(21)15-17-8-10-18(32-3)11-9-17/h8-11,14,20,31H,4-7,12-13,15H2,1-3H3. The van der Waals surface area contributed by atoms with Crippen LogP contribution >= 0.6 is 15.9 Å². The minimum atomic E-state index is -1.50. The lowest BCUT2D eigenvalue weighted by Gasteiger charge is -2.37. The quantitative estimate of drug-likeness (QED) is 0.321. The zero-order valence-corrected chi connectivity index (χ0v) is 20.8. The smallest absolute Gasteiger partial charge is 0.319 e. The van der Waals surface area contributed by atoms with Gasteiger partial charge >= 0.3 is 5.97 Å². The molecule has 3 rings (SSSR count). The highest BCUT2D eigenvalue weighted by atomic mass is 79.9. The van der Waals surface area contributed by atoms with Gasteiger partial charge in [-0.15, -0.1) is 0 Å². The summed E-state index contributed by atoms with van der Waals surface area (Å²) in [7, 11) is 1.57. The number of aryl methyl sites for hydroxylation is 1. The second-order valence-corrected chi connectivity index (χ2v) is 9.33. The first kappa shape index (κ1) is 25.2. The van der Waals surface area contributed by atoms with Crippen molar-refractivity contribution in [2.24, 2.45) is 5.92 Å². The molecular weight excluding hydrogens is 490 g/mol. The zero-order valence-electron chi connectivity index (χ0n) is 19.2. The van der Waals surface area contributed by atoms with E-state index in [2.05, 4.69) is 15.9 Å². The third-order valence-electron chi connectivity index (χ3n) is 6.21. The fourth-order valence-electron chi connectivity index (χ4n) is 4.54. The molecule has 0 saturated heterocycles. The van der Waals surface area contributed by atoms with Crippen molar-refractivity contribution in [2.75, 3.05) is 13.7 Å². The molecule has 0 spiro atoms. The van der Waals surface area contributed by atoms with Gasteiger partial charge in [-0.1, -0.05) is 31.4 Å². The third-order valence-corrected chi connectivity index (χ3v) is 6.78. The number of benzene rings is 1. The molecule has 0 aliphatic heterocycles. The largest absolute Gasteiger partial charge is 0.497 e. The maximum Gasteiger partial charge on any atom is 0.319 e. The van der Waals surface area contributed by atoms with Gasteiger partial charge in [-0.25, -0.2) is 0 Å². The lowest BCUT2D eigenvalue weighted by molar-refractivity contribution is -0.156. The number of halogens is 1. The second-order valence-electron chi connectivity index (χ2n) is 8.48. The predicted molar refractivity (Wildman–Crippen MR) is 128 cm³/mol. The molecule has 1 fully saturated rings. The monoisotopic (exact) mass is 519 g/mol. The van der Waals surface area contributed by atoms with Crippen LogP contribution in [0.4, 0.5) is 0 Å². The number of pyridine rings is 1. The van der Waals surface area contributed by atoms with Gasteiger partial charge in [0, 0.05) is 0 Å². The number of ether oxygens (including phenoxy) is 2. The van der Waals surface area contributed by atoms with Crippen molar-refractivity contribution in [1.29, 1.82) is 0 Å². The molecular formula is C25H30BrNO6. The predicted octanol–water partition coefficient (Wildman–Crippen LogP) is 4.03. The molecule has 0 radical (unpaired) electrons. The van der Waals surface area contributed by atoms with Crippen LogP contribution in [0.2, 0.25) is 0 Å². The van der Waals surface area contributed by atoms with Crippen molar-refractivity contribution in [3.8, 4) is 5.75 Å². The highest BCUT2D eigenvalue weighted by Crippen LogP contribution is 2.37. The molecule has 1 N–H and O–H groups in total. The second kappa shape index (κ2) is 10.7. The Kier molecular flexibility index (Phi) is 8.13. The number of hydrogen-bond acceptors (Lipinski definition) is 6. The van der Waals surface area contributed by atoms with E-state index in [4.69, 9.17) is 9.47 Å². The number of rotatable bonds is 8. The van der Waals surface area contributed by atoms with Crippen molar-refractivity contribution in [3.63, 3.8) is 0 Å². The Morgan fingerprint density at radius 2 is 1.82 bits per heavy atom. The van der Waals surface area contributed by atoms with Gasteiger partial charge in [-0.2, -0.15) is 0 Å². The number of carbonyl (C=O) groups is 2. The van der Waals surface area contributed by atoms with Gasteiger partial charge in [0.25, 0.3) is 5.56 Å². The van der Waals surface area contributed by atoms with Crippen molar-refractivity contribution in [3.05, 3.63) is 62.0 Å². The summed E-state index contributed by atoms with van der Waals surface area (Å²) in [5, 5.41) is 11.4. The highest BCUT2D eigenvalue weighted by Gasteiger charge is 2.48. The number of hydrogen-bond donors (Lipinski definition) is 1. The van der Waals surface area contributed by atoms with Crippen molar-refractivity contribution < 1.29 is 24.2 Å². The highest BCUT2D eigenvalue weighted by molar-refractivity contribution is 9.10. The molecule has 33 heavy (non-hydrogen) atoms. The Morgan fingerprint density at radius 3 is 2.39 bits per heavy atom. The fraction of sp³-hybridized carbons (Fsp3) is 0.480. The summed E-state index contributed by atoms with van der Waals surface area (Å²) >= 11 is 3.29. The normalized spacial score (nSPS) is 16.2. The van der Waals surface area contributed by atoms with E-state index < -0.39 is 28.8 Å². The maximum atomic E-state index is 13.9. The Hall–Kier alpha value is -2.45. The van der Waals surface area contributed by atoms with Gasteiger partial charge in [0.05, 0.1) is 36.0 Å². The van der Waals surface area contributed by atoms with Gasteiger partial charge in [0.1, 0.15) is 11.7 Å². The summed E-state index contributed by atoms with van der Waals surface area (Å²) in [4.78, 5) is 40.0. The summed E-state index contributed by atoms with van der Waals surface area (Å²) in [6, 6.07) is 8.76. The number of Topliss-reactive ketones (excluding diaryl/α,β-unsaturated/α-hetero) is 1. The molecule has 0 bridgehead atoms. The number of aliphatic hydroxyl groups is 1. The van der Waals surface area contributed by atoms with E-state index in [0.29, 0.717) is 28.6 Å². The van der Waals surface area contributed by atoms with Crippen LogP contribution in [0, 0.1) is 12.8 Å². The average Bonchev–Trinajstić information content (AvgIpc) is 2.78. The number of aromatic nitrogens is 1. The van der Waals surface area contributed by atoms with E-state index in [1.54, 1.807) is 39.2 Å². The third kappa shape index (κ3) is 5.38. The molecule has 2 aromatic rings. The zero-order chi connectivity index (χ0) is 24.2. The molecule has 0 amide bonds. The minimum Gasteiger partial charge on any atom is -0.497 e. The number of nitrogens with zero attached hydrogens (tertiary/aromatic N) is 1. The van der Waals surface area contributed by atoms with Crippen molar-refractivity contribution in [1.82, 2.24) is 4.57 Å². The van der Waals surface area contributed by atoms with Gasteiger partial charge in [-0.05, 0) is 71.9 Å². The van der Waals surface area contributed by atoms with Gasteiger partial charge in [0.2, 0.25) is 0 Å². The van der Waals surface area contributed by atoms with E-state index >= 15 is 0 Å². The number of methoxy groups -OCH3 is 1. The van der Waals surface area contributed by atoms with Gasteiger partial charge in [-0.3, -0.25) is 19.0 Å². The summed E-state index contributed by atoms with van der Waals surface area (Å²) in [6.45, 7) is 3.60. The minimum absolute atomic E-state index is 0.0939. The molecule has 1 aromatic carbocycles. The molecule has 1 aromatic heterocycles. The SMILES string of the molecule is CCOC(=O)C(C(=O)c1c(C)cc(Br)c(=O)n1Cc1ccc(OC)cc1)C1(O)CCCCC1. The summed E-state index contributed by atoms with van der Waals surface area (Å²) in [6.07, 6.45) is 3.04. The van der Waals surface area contributed by atoms with Crippen LogP contribution in [-0.2, 0) is 16.1 Å². The maximum absolute atomic E-state index is 13.9. The molecule has 1 aliphatic carbocycles. The molecule has 7 nitrogen and oxygen atoms in total. The summed E-state index contributed by atoms with van der Waals surface area (Å²) < 4.78 is 12.1. The topological polar surface area (TPSA) is 94.8 Å². The van der Waals surface area contributed by atoms with E-state index in [9.17, 15) is 19.5 Å². The van der Waals surface area contributed by atoms with Crippen LogP contribution in [0.5, 0.6) is 5.75 Å². The van der Waals surface area contributed by atoms with Crippen LogP contribution < -0.4 is 10.3 Å². The van der Waals surface area contributed by atoms with Crippen LogP contribution in [0.3, 0.4) is 0 Å². The fourth-order valence-corrected chi connectivity index (χ4v) is 5.10. The summed E-state index contributed by atoms with van der Waals surface area (Å²) in [5.41, 5.74) is -0.460. The lowest BCUT2D eigenvalue weighted by Crippen LogP contribution is -2.50.